The van der Waals surface area contributed by atoms with E-state index >= 15 is 0 Å². The first-order chi connectivity index (χ1) is 11.8. The lowest BCUT2D eigenvalue weighted by atomic mass is 10.0. The number of hydrogen-bond donors (Lipinski definition) is 1. The highest BCUT2D eigenvalue weighted by molar-refractivity contribution is 7.90. The Morgan fingerprint density at radius 1 is 1.36 bits per heavy atom. The van der Waals surface area contributed by atoms with E-state index in [1.54, 1.807) is 13.2 Å². The van der Waals surface area contributed by atoms with Crippen molar-refractivity contribution in [1.29, 1.82) is 0 Å². The van der Waals surface area contributed by atoms with E-state index in [4.69, 9.17) is 14.2 Å². The molecule has 1 aliphatic heterocycles. The standard InChI is InChI=1S/C18H28FNO4S/c1-18(2,3)25(21)20-15(7-9-17-23-10-5-11-24-17)14-12-13(19)6-8-16(14)22-4/h6,8,12,15,17,20H,5,7,9-11H2,1-4H3. The summed E-state index contributed by atoms with van der Waals surface area (Å²) in [6.07, 6.45) is 1.83. The van der Waals surface area contributed by atoms with Gasteiger partial charge in [-0.3, -0.25) is 0 Å². The van der Waals surface area contributed by atoms with Crippen molar-refractivity contribution >= 4 is 11.4 Å². The zero-order valence-electron chi connectivity index (χ0n) is 15.3. The monoisotopic (exact) mass is 373 g/mol. The smallest absolute Gasteiger partial charge is 0.157 e. The number of nitrogens with one attached hydrogen (secondary N) is 1. The van der Waals surface area contributed by atoms with Gasteiger partial charge in [-0.25, -0.2) is 4.39 Å². The first kappa shape index (κ1) is 20.5. The van der Waals surface area contributed by atoms with Crippen molar-refractivity contribution in [2.24, 2.45) is 0 Å². The van der Waals surface area contributed by atoms with Gasteiger partial charge in [-0.2, -0.15) is 0 Å². The van der Waals surface area contributed by atoms with Crippen LogP contribution in [0.2, 0.25) is 0 Å². The van der Waals surface area contributed by atoms with Crippen LogP contribution in [0.4, 0.5) is 4.39 Å². The highest BCUT2D eigenvalue weighted by Gasteiger charge is 2.31. The summed E-state index contributed by atoms with van der Waals surface area (Å²) in [6.45, 7) is 7.04. The second-order valence-electron chi connectivity index (χ2n) is 7.04. The van der Waals surface area contributed by atoms with E-state index in [-0.39, 0.29) is 18.1 Å². The third-order valence-electron chi connectivity index (χ3n) is 3.96. The number of methoxy groups -OCH3 is 1. The maximum Gasteiger partial charge on any atom is 0.157 e. The molecular formula is C18H28FNO4S. The molecule has 1 aromatic carbocycles. The van der Waals surface area contributed by atoms with Crippen molar-refractivity contribution in [3.8, 4) is 5.75 Å². The molecule has 7 heteroatoms. The second kappa shape index (κ2) is 9.19. The number of hydrogen-bond acceptors (Lipinski definition) is 5. The molecule has 1 heterocycles. The molecule has 5 nitrogen and oxygen atoms in total. The minimum atomic E-state index is -1.30. The Balaban J connectivity index is 2.17. The van der Waals surface area contributed by atoms with E-state index in [1.807, 2.05) is 20.8 Å². The molecule has 2 rings (SSSR count). The van der Waals surface area contributed by atoms with E-state index in [9.17, 15) is 8.94 Å². The summed E-state index contributed by atoms with van der Waals surface area (Å²) in [4.78, 5) is 0. The molecule has 1 N–H and O–H groups in total. The number of rotatable bonds is 7. The average Bonchev–Trinajstić information content (AvgIpc) is 2.58. The van der Waals surface area contributed by atoms with Crippen LogP contribution in [0.5, 0.6) is 5.75 Å². The predicted octanol–water partition coefficient (Wildman–Crippen LogP) is 3.47. The Morgan fingerprint density at radius 2 is 2.04 bits per heavy atom. The van der Waals surface area contributed by atoms with Gasteiger partial charge in [0.05, 0.1) is 26.4 Å². The number of ether oxygens (including phenoxy) is 3. The van der Waals surface area contributed by atoms with E-state index in [0.29, 0.717) is 37.4 Å². The van der Waals surface area contributed by atoms with Gasteiger partial charge in [0.2, 0.25) is 0 Å². The number of benzene rings is 1. The normalized spacial score (nSPS) is 18.8. The van der Waals surface area contributed by atoms with Crippen molar-refractivity contribution in [2.75, 3.05) is 20.3 Å². The van der Waals surface area contributed by atoms with Crippen LogP contribution in [0, 0.1) is 5.82 Å². The maximum absolute atomic E-state index is 13.8. The summed E-state index contributed by atoms with van der Waals surface area (Å²) < 4.78 is 45.6. The first-order valence-electron chi connectivity index (χ1n) is 8.56. The van der Waals surface area contributed by atoms with Crippen LogP contribution >= 0.6 is 0 Å². The maximum atomic E-state index is 13.8. The molecular weight excluding hydrogens is 345 g/mol. The fourth-order valence-corrected chi connectivity index (χ4v) is 3.42. The highest BCUT2D eigenvalue weighted by atomic mass is 32.2. The third kappa shape index (κ3) is 6.11. The molecule has 0 bridgehead atoms. The molecule has 1 aliphatic rings. The van der Waals surface area contributed by atoms with Gasteiger partial charge >= 0.3 is 0 Å². The predicted molar refractivity (Wildman–Crippen MR) is 96.3 cm³/mol. The minimum absolute atomic E-state index is 0.277. The van der Waals surface area contributed by atoms with E-state index in [2.05, 4.69) is 4.72 Å². The largest absolute Gasteiger partial charge is 0.598 e. The van der Waals surface area contributed by atoms with Crippen LogP contribution in [0.15, 0.2) is 18.2 Å². The summed E-state index contributed by atoms with van der Waals surface area (Å²) in [5.74, 6) is 0.213. The Kier molecular flexibility index (Phi) is 7.51. The van der Waals surface area contributed by atoms with E-state index in [1.165, 1.54) is 12.1 Å². The molecule has 1 aromatic rings. The summed E-state index contributed by atoms with van der Waals surface area (Å²) in [5, 5.41) is 0. The minimum Gasteiger partial charge on any atom is -0.598 e. The van der Waals surface area contributed by atoms with Crippen LogP contribution < -0.4 is 9.46 Å². The van der Waals surface area contributed by atoms with Crippen molar-refractivity contribution < 1.29 is 23.2 Å². The molecule has 0 amide bonds. The molecule has 0 aliphatic carbocycles. The van der Waals surface area contributed by atoms with Crippen LogP contribution in [0.1, 0.15) is 51.6 Å². The van der Waals surface area contributed by atoms with Gasteiger partial charge in [0.1, 0.15) is 16.3 Å². The zero-order chi connectivity index (χ0) is 18.4. The van der Waals surface area contributed by atoms with Gasteiger partial charge in [0, 0.05) is 23.3 Å². The zero-order valence-corrected chi connectivity index (χ0v) is 16.2. The first-order valence-corrected chi connectivity index (χ1v) is 9.71. The number of halogens is 1. The molecule has 1 fully saturated rings. The van der Waals surface area contributed by atoms with Crippen LogP contribution in [0.3, 0.4) is 0 Å². The van der Waals surface area contributed by atoms with Crippen molar-refractivity contribution in [1.82, 2.24) is 4.72 Å². The van der Waals surface area contributed by atoms with Gasteiger partial charge in [-0.05, 0) is 51.8 Å². The second-order valence-corrected chi connectivity index (χ2v) is 9.04. The molecule has 2 atom stereocenters. The van der Waals surface area contributed by atoms with Crippen molar-refractivity contribution in [3.05, 3.63) is 29.6 Å². The fraction of sp³-hybridized carbons (Fsp3) is 0.667. The summed E-state index contributed by atoms with van der Waals surface area (Å²) in [7, 11) is 1.54. The van der Waals surface area contributed by atoms with Gasteiger partial charge in [0.15, 0.2) is 6.29 Å². The van der Waals surface area contributed by atoms with Crippen LogP contribution in [0.25, 0.3) is 0 Å². The van der Waals surface area contributed by atoms with E-state index in [0.717, 1.165) is 6.42 Å². The van der Waals surface area contributed by atoms with E-state index < -0.39 is 16.1 Å². The van der Waals surface area contributed by atoms with Crippen LogP contribution in [-0.4, -0.2) is 35.9 Å². The Morgan fingerprint density at radius 3 is 2.64 bits per heavy atom. The van der Waals surface area contributed by atoms with Gasteiger partial charge in [-0.15, -0.1) is 4.72 Å². The highest BCUT2D eigenvalue weighted by Crippen LogP contribution is 2.32. The molecule has 142 valence electrons. The Bertz CT molecular complexity index is 546. The van der Waals surface area contributed by atoms with Crippen molar-refractivity contribution in [3.63, 3.8) is 0 Å². The molecule has 2 unspecified atom stereocenters. The summed E-state index contributed by atoms with van der Waals surface area (Å²) in [6, 6.07) is 4.04. The molecule has 0 radical (unpaired) electrons. The fourth-order valence-electron chi connectivity index (χ4n) is 2.57. The van der Waals surface area contributed by atoms with Crippen molar-refractivity contribution in [2.45, 2.75) is 57.1 Å². The van der Waals surface area contributed by atoms with Gasteiger partial charge < -0.3 is 18.8 Å². The lowest BCUT2D eigenvalue weighted by Gasteiger charge is -2.30. The molecule has 0 saturated carbocycles. The quantitative estimate of drug-likeness (QED) is 0.742. The summed E-state index contributed by atoms with van der Waals surface area (Å²) >= 11 is -1.30. The summed E-state index contributed by atoms with van der Waals surface area (Å²) in [5.41, 5.74) is 0.649. The Hall–Kier alpha value is -0.860. The molecule has 0 spiro atoms. The lowest BCUT2D eigenvalue weighted by Crippen LogP contribution is -2.41. The van der Waals surface area contributed by atoms with Gasteiger partial charge in [0.25, 0.3) is 0 Å². The average molecular weight is 373 g/mol. The third-order valence-corrected chi connectivity index (χ3v) is 5.57. The molecule has 25 heavy (non-hydrogen) atoms. The Labute approximate surface area is 152 Å². The topological polar surface area (TPSA) is 62.8 Å². The molecule has 1 saturated heterocycles. The SMILES string of the molecule is COc1ccc(F)cc1C(CCC1OCCCO1)N[S+]([O-])C(C)(C)C. The van der Waals surface area contributed by atoms with Crippen LogP contribution in [-0.2, 0) is 20.8 Å². The molecule has 0 aromatic heterocycles. The van der Waals surface area contributed by atoms with Gasteiger partial charge in [-0.1, -0.05) is 0 Å². The lowest BCUT2D eigenvalue weighted by molar-refractivity contribution is -0.182.